The van der Waals surface area contributed by atoms with Gasteiger partial charge in [0.1, 0.15) is 18.2 Å². The van der Waals surface area contributed by atoms with Crippen molar-refractivity contribution in [1.29, 1.82) is 0 Å². The third-order valence-electron chi connectivity index (χ3n) is 2.98. The Morgan fingerprint density at radius 3 is 3.11 bits per heavy atom. The fraction of sp³-hybridized carbons (Fsp3) is 0.143. The predicted octanol–water partition coefficient (Wildman–Crippen LogP) is 2.08. The van der Waals surface area contributed by atoms with Crippen molar-refractivity contribution in [2.24, 2.45) is 0 Å². The number of hydrogen-bond donors (Lipinski definition) is 1. The number of rotatable bonds is 2. The highest BCUT2D eigenvalue weighted by Crippen LogP contribution is 2.32. The summed E-state index contributed by atoms with van der Waals surface area (Å²) in [5.74, 6) is 0.0153. The summed E-state index contributed by atoms with van der Waals surface area (Å²) in [4.78, 5) is 15.9. The summed E-state index contributed by atoms with van der Waals surface area (Å²) in [6.45, 7) is 0.310. The van der Waals surface area contributed by atoms with Gasteiger partial charge in [-0.05, 0) is 30.3 Å². The molecule has 0 spiro atoms. The van der Waals surface area contributed by atoms with E-state index in [4.69, 9.17) is 4.74 Å². The first-order valence-corrected chi connectivity index (χ1v) is 5.87. The minimum Gasteiger partial charge on any atom is -0.491 e. The van der Waals surface area contributed by atoms with Crippen LogP contribution in [0.5, 0.6) is 5.75 Å². The lowest BCUT2D eigenvalue weighted by atomic mass is 10.1. The van der Waals surface area contributed by atoms with Crippen LogP contribution in [0.3, 0.4) is 0 Å². The SMILES string of the molecule is O=C(NC1COc2ccc(F)cc21)c1cccnc1. The molecule has 1 atom stereocenters. The maximum atomic E-state index is 13.2. The van der Waals surface area contributed by atoms with Crippen molar-refractivity contribution in [2.45, 2.75) is 6.04 Å². The van der Waals surface area contributed by atoms with Gasteiger partial charge in [-0.25, -0.2) is 4.39 Å². The van der Waals surface area contributed by atoms with Crippen molar-refractivity contribution < 1.29 is 13.9 Å². The molecule has 0 radical (unpaired) electrons. The average Bonchev–Trinajstić information content (AvgIpc) is 2.82. The largest absolute Gasteiger partial charge is 0.491 e. The Bertz CT molecular complexity index is 616. The summed E-state index contributed by atoms with van der Waals surface area (Å²) >= 11 is 0. The maximum absolute atomic E-state index is 13.2. The standard InChI is InChI=1S/C14H11FN2O2/c15-10-3-4-13-11(6-10)12(8-19-13)17-14(18)9-2-1-5-16-7-9/h1-7,12H,8H2,(H,17,18). The number of hydrogen-bond acceptors (Lipinski definition) is 3. The summed E-state index contributed by atoms with van der Waals surface area (Å²) in [6.07, 6.45) is 3.08. The summed E-state index contributed by atoms with van der Waals surface area (Å²) in [7, 11) is 0. The molecule has 5 heteroatoms. The van der Waals surface area contributed by atoms with Crippen LogP contribution >= 0.6 is 0 Å². The Hall–Kier alpha value is -2.43. The van der Waals surface area contributed by atoms with E-state index < -0.39 is 0 Å². The Morgan fingerprint density at radius 1 is 1.42 bits per heavy atom. The molecular formula is C14H11FN2O2. The van der Waals surface area contributed by atoms with Crippen LogP contribution in [-0.2, 0) is 0 Å². The normalized spacial score (nSPS) is 16.6. The summed E-state index contributed by atoms with van der Waals surface area (Å²) in [6, 6.07) is 7.32. The first kappa shape index (κ1) is 11.6. The average molecular weight is 258 g/mol. The van der Waals surface area contributed by atoms with Crippen LogP contribution in [0.2, 0.25) is 0 Å². The van der Waals surface area contributed by atoms with Crippen LogP contribution < -0.4 is 10.1 Å². The minimum atomic E-state index is -0.343. The van der Waals surface area contributed by atoms with Gasteiger partial charge >= 0.3 is 0 Å². The molecular weight excluding hydrogens is 247 g/mol. The van der Waals surface area contributed by atoms with E-state index in [0.29, 0.717) is 23.5 Å². The van der Waals surface area contributed by atoms with E-state index in [9.17, 15) is 9.18 Å². The van der Waals surface area contributed by atoms with E-state index in [1.54, 1.807) is 24.4 Å². The van der Waals surface area contributed by atoms with Crippen molar-refractivity contribution >= 4 is 5.91 Å². The van der Waals surface area contributed by atoms with Crippen molar-refractivity contribution in [3.63, 3.8) is 0 Å². The molecule has 1 aromatic carbocycles. The van der Waals surface area contributed by atoms with Crippen LogP contribution in [-0.4, -0.2) is 17.5 Å². The predicted molar refractivity (Wildman–Crippen MR) is 66.3 cm³/mol. The van der Waals surface area contributed by atoms with Gasteiger partial charge in [0.2, 0.25) is 0 Å². The smallest absolute Gasteiger partial charge is 0.253 e. The third-order valence-corrected chi connectivity index (χ3v) is 2.98. The Kier molecular flexibility index (Phi) is 2.87. The molecule has 3 rings (SSSR count). The van der Waals surface area contributed by atoms with Gasteiger partial charge in [0.05, 0.1) is 11.6 Å². The Morgan fingerprint density at radius 2 is 2.32 bits per heavy atom. The van der Waals surface area contributed by atoms with Crippen molar-refractivity contribution in [1.82, 2.24) is 10.3 Å². The molecule has 96 valence electrons. The molecule has 0 aliphatic carbocycles. The third kappa shape index (κ3) is 2.27. The number of halogens is 1. The van der Waals surface area contributed by atoms with E-state index in [1.165, 1.54) is 18.3 Å². The van der Waals surface area contributed by atoms with Gasteiger partial charge in [-0.15, -0.1) is 0 Å². The number of amides is 1. The Balaban J connectivity index is 1.80. The van der Waals surface area contributed by atoms with Crippen LogP contribution in [0.15, 0.2) is 42.7 Å². The molecule has 0 saturated carbocycles. The van der Waals surface area contributed by atoms with E-state index in [0.717, 1.165) is 0 Å². The van der Waals surface area contributed by atoms with E-state index in [1.807, 2.05) is 0 Å². The molecule has 19 heavy (non-hydrogen) atoms. The molecule has 1 aliphatic rings. The van der Waals surface area contributed by atoms with Crippen LogP contribution in [0.1, 0.15) is 22.0 Å². The molecule has 0 saturated heterocycles. The fourth-order valence-corrected chi connectivity index (χ4v) is 2.04. The minimum absolute atomic E-state index is 0.251. The molecule has 2 heterocycles. The first-order valence-electron chi connectivity index (χ1n) is 5.87. The first-order chi connectivity index (χ1) is 9.24. The van der Waals surface area contributed by atoms with Gasteiger partial charge in [-0.1, -0.05) is 0 Å². The molecule has 1 aliphatic heterocycles. The van der Waals surface area contributed by atoms with Crippen LogP contribution in [0, 0.1) is 5.82 Å². The molecule has 0 fully saturated rings. The van der Waals surface area contributed by atoms with Gasteiger partial charge in [-0.2, -0.15) is 0 Å². The molecule has 1 N–H and O–H groups in total. The summed E-state index contributed by atoms with van der Waals surface area (Å²) < 4.78 is 18.6. The van der Waals surface area contributed by atoms with Crippen molar-refractivity contribution in [3.8, 4) is 5.75 Å². The molecule has 1 aromatic heterocycles. The number of nitrogens with zero attached hydrogens (tertiary/aromatic N) is 1. The summed E-state index contributed by atoms with van der Waals surface area (Å²) in [5.41, 5.74) is 1.13. The second-order valence-corrected chi connectivity index (χ2v) is 4.26. The van der Waals surface area contributed by atoms with Gasteiger partial charge in [-0.3, -0.25) is 9.78 Å². The monoisotopic (exact) mass is 258 g/mol. The zero-order chi connectivity index (χ0) is 13.2. The highest BCUT2D eigenvalue weighted by atomic mass is 19.1. The van der Waals surface area contributed by atoms with Gasteiger partial charge in [0.15, 0.2) is 0 Å². The highest BCUT2D eigenvalue weighted by molar-refractivity contribution is 5.94. The number of ether oxygens (including phenoxy) is 1. The van der Waals surface area contributed by atoms with Crippen molar-refractivity contribution in [3.05, 3.63) is 59.7 Å². The lowest BCUT2D eigenvalue weighted by molar-refractivity contribution is 0.0930. The number of carbonyl (C=O) groups is 1. The highest BCUT2D eigenvalue weighted by Gasteiger charge is 2.26. The van der Waals surface area contributed by atoms with Gasteiger partial charge < -0.3 is 10.1 Å². The second-order valence-electron chi connectivity index (χ2n) is 4.26. The molecule has 0 bridgehead atoms. The lowest BCUT2D eigenvalue weighted by Crippen LogP contribution is -2.29. The maximum Gasteiger partial charge on any atom is 0.253 e. The zero-order valence-corrected chi connectivity index (χ0v) is 9.97. The lowest BCUT2D eigenvalue weighted by Gasteiger charge is -2.11. The molecule has 1 amide bonds. The molecule has 4 nitrogen and oxygen atoms in total. The van der Waals surface area contributed by atoms with Crippen LogP contribution in [0.4, 0.5) is 4.39 Å². The zero-order valence-electron chi connectivity index (χ0n) is 9.97. The molecule has 1 unspecified atom stereocenters. The van der Waals surface area contributed by atoms with Crippen molar-refractivity contribution in [2.75, 3.05) is 6.61 Å². The topological polar surface area (TPSA) is 51.2 Å². The number of fused-ring (bicyclic) bond motifs is 1. The van der Waals surface area contributed by atoms with E-state index in [-0.39, 0.29) is 17.8 Å². The number of benzene rings is 1. The number of nitrogens with one attached hydrogen (secondary N) is 1. The molecule has 2 aromatic rings. The van der Waals surface area contributed by atoms with Crippen LogP contribution in [0.25, 0.3) is 0 Å². The van der Waals surface area contributed by atoms with E-state index in [2.05, 4.69) is 10.3 Å². The van der Waals surface area contributed by atoms with Gasteiger partial charge in [0, 0.05) is 18.0 Å². The number of aromatic nitrogens is 1. The van der Waals surface area contributed by atoms with Gasteiger partial charge in [0.25, 0.3) is 5.91 Å². The fourth-order valence-electron chi connectivity index (χ4n) is 2.04. The Labute approximate surface area is 109 Å². The number of carbonyl (C=O) groups excluding carboxylic acids is 1. The quantitative estimate of drug-likeness (QED) is 0.897. The van der Waals surface area contributed by atoms with E-state index >= 15 is 0 Å². The second kappa shape index (κ2) is 4.68. The summed E-state index contributed by atoms with van der Waals surface area (Å²) in [5, 5.41) is 2.81. The number of pyridine rings is 1.